The Morgan fingerprint density at radius 1 is 1.07 bits per heavy atom. The van der Waals surface area contributed by atoms with Crippen LogP contribution in [0.5, 0.6) is 0 Å². The van der Waals surface area contributed by atoms with E-state index in [0.717, 1.165) is 12.8 Å². The van der Waals surface area contributed by atoms with Crippen molar-refractivity contribution in [2.45, 2.75) is 51.5 Å². The lowest BCUT2D eigenvalue weighted by Gasteiger charge is -2.34. The molecule has 0 saturated heterocycles. The third-order valence-electron chi connectivity index (χ3n) is 3.21. The Labute approximate surface area is 93.7 Å². The fourth-order valence-electron chi connectivity index (χ4n) is 2.13. The van der Waals surface area contributed by atoms with Crippen LogP contribution in [-0.2, 0) is 5.41 Å². The summed E-state index contributed by atoms with van der Waals surface area (Å²) in [4.78, 5) is 0. The quantitative estimate of drug-likeness (QED) is 0.800. The van der Waals surface area contributed by atoms with Gasteiger partial charge in [0.25, 0.3) is 0 Å². The summed E-state index contributed by atoms with van der Waals surface area (Å²) in [5.74, 6) is 0. The van der Waals surface area contributed by atoms with E-state index >= 15 is 0 Å². The van der Waals surface area contributed by atoms with Crippen LogP contribution in [0.25, 0.3) is 0 Å². The second-order valence-electron chi connectivity index (χ2n) is 5.43. The molecule has 0 spiro atoms. The van der Waals surface area contributed by atoms with Crippen molar-refractivity contribution in [1.29, 1.82) is 0 Å². The van der Waals surface area contributed by atoms with Crippen LogP contribution in [0.15, 0.2) is 30.3 Å². The maximum Gasteiger partial charge on any atom is 0.0131 e. The molecule has 0 bridgehead atoms. The number of nitrogens with two attached hydrogens (primary N) is 1. The highest BCUT2D eigenvalue weighted by molar-refractivity contribution is 5.24. The average molecular weight is 205 g/mol. The second-order valence-corrected chi connectivity index (χ2v) is 5.43. The lowest BCUT2D eigenvalue weighted by molar-refractivity contribution is 0.319. The van der Waals surface area contributed by atoms with Crippen LogP contribution in [-0.4, -0.2) is 5.54 Å². The van der Waals surface area contributed by atoms with Gasteiger partial charge in [-0.2, -0.15) is 0 Å². The second kappa shape index (κ2) is 4.36. The van der Waals surface area contributed by atoms with Crippen LogP contribution in [0, 0.1) is 0 Å². The van der Waals surface area contributed by atoms with E-state index in [2.05, 4.69) is 58.0 Å². The van der Waals surface area contributed by atoms with Gasteiger partial charge in [-0.1, -0.05) is 51.1 Å². The van der Waals surface area contributed by atoms with Gasteiger partial charge in [-0.15, -0.1) is 0 Å². The SMILES string of the molecule is CC[C@](C)(N)CC(C)(C)c1ccccc1. The highest BCUT2D eigenvalue weighted by Crippen LogP contribution is 2.32. The molecule has 0 fully saturated rings. The summed E-state index contributed by atoms with van der Waals surface area (Å²) < 4.78 is 0. The van der Waals surface area contributed by atoms with Crippen molar-refractivity contribution in [1.82, 2.24) is 0 Å². The molecule has 0 heterocycles. The van der Waals surface area contributed by atoms with Crippen LogP contribution in [0.2, 0.25) is 0 Å². The Kier molecular flexibility index (Phi) is 3.56. The summed E-state index contributed by atoms with van der Waals surface area (Å²) >= 11 is 0. The maximum absolute atomic E-state index is 6.24. The molecule has 1 atom stereocenters. The van der Waals surface area contributed by atoms with Crippen LogP contribution < -0.4 is 5.73 Å². The minimum absolute atomic E-state index is 0.0701. The van der Waals surface area contributed by atoms with Gasteiger partial charge in [0.05, 0.1) is 0 Å². The van der Waals surface area contributed by atoms with E-state index in [4.69, 9.17) is 5.73 Å². The van der Waals surface area contributed by atoms with Crippen molar-refractivity contribution in [3.8, 4) is 0 Å². The third kappa shape index (κ3) is 3.35. The number of hydrogen-bond donors (Lipinski definition) is 1. The fraction of sp³-hybridized carbons (Fsp3) is 0.571. The van der Waals surface area contributed by atoms with Crippen molar-refractivity contribution < 1.29 is 0 Å². The van der Waals surface area contributed by atoms with Crippen LogP contribution >= 0.6 is 0 Å². The van der Waals surface area contributed by atoms with Crippen LogP contribution in [0.4, 0.5) is 0 Å². The Morgan fingerprint density at radius 2 is 1.60 bits per heavy atom. The molecule has 2 N–H and O–H groups in total. The molecule has 0 unspecified atom stereocenters. The molecule has 1 heteroatoms. The normalized spacial score (nSPS) is 16.1. The van der Waals surface area contributed by atoms with Crippen molar-refractivity contribution in [3.05, 3.63) is 35.9 Å². The number of hydrogen-bond acceptors (Lipinski definition) is 1. The molecule has 0 aliphatic carbocycles. The smallest absolute Gasteiger partial charge is 0.0131 e. The monoisotopic (exact) mass is 205 g/mol. The van der Waals surface area contributed by atoms with E-state index in [9.17, 15) is 0 Å². The summed E-state index contributed by atoms with van der Waals surface area (Å²) in [7, 11) is 0. The van der Waals surface area contributed by atoms with E-state index in [1.165, 1.54) is 5.56 Å². The first-order valence-electron chi connectivity index (χ1n) is 5.72. The topological polar surface area (TPSA) is 26.0 Å². The highest BCUT2D eigenvalue weighted by Gasteiger charge is 2.29. The van der Waals surface area contributed by atoms with Crippen LogP contribution in [0.1, 0.15) is 46.1 Å². The van der Waals surface area contributed by atoms with E-state index < -0.39 is 0 Å². The van der Waals surface area contributed by atoms with Crippen LogP contribution in [0.3, 0.4) is 0 Å². The van der Waals surface area contributed by atoms with Gasteiger partial charge >= 0.3 is 0 Å². The molecular formula is C14H23N. The van der Waals surface area contributed by atoms with Gasteiger partial charge in [0.2, 0.25) is 0 Å². The average Bonchev–Trinajstić information content (AvgIpc) is 2.18. The summed E-state index contributed by atoms with van der Waals surface area (Å²) in [5.41, 5.74) is 7.69. The van der Waals surface area contributed by atoms with Gasteiger partial charge in [-0.25, -0.2) is 0 Å². The molecule has 15 heavy (non-hydrogen) atoms. The third-order valence-corrected chi connectivity index (χ3v) is 3.21. The molecule has 1 aromatic rings. The van der Waals surface area contributed by atoms with Gasteiger partial charge < -0.3 is 5.73 Å². The largest absolute Gasteiger partial charge is 0.325 e. The molecule has 1 aromatic carbocycles. The Morgan fingerprint density at radius 3 is 2.07 bits per heavy atom. The summed E-state index contributed by atoms with van der Waals surface area (Å²) in [6.07, 6.45) is 2.03. The van der Waals surface area contributed by atoms with Crippen molar-refractivity contribution >= 4 is 0 Å². The first kappa shape index (κ1) is 12.3. The predicted octanol–water partition coefficient (Wildman–Crippen LogP) is 3.48. The Hall–Kier alpha value is -0.820. The molecule has 1 rings (SSSR count). The number of benzene rings is 1. The van der Waals surface area contributed by atoms with E-state index in [-0.39, 0.29) is 11.0 Å². The minimum Gasteiger partial charge on any atom is -0.325 e. The predicted molar refractivity (Wildman–Crippen MR) is 67.0 cm³/mol. The molecule has 0 aromatic heterocycles. The fourth-order valence-corrected chi connectivity index (χ4v) is 2.13. The molecule has 0 amide bonds. The number of rotatable bonds is 4. The molecule has 0 saturated carbocycles. The zero-order valence-corrected chi connectivity index (χ0v) is 10.4. The van der Waals surface area contributed by atoms with E-state index in [1.807, 2.05) is 0 Å². The maximum atomic E-state index is 6.24. The van der Waals surface area contributed by atoms with Crippen molar-refractivity contribution in [2.24, 2.45) is 5.73 Å². The van der Waals surface area contributed by atoms with E-state index in [0.29, 0.717) is 0 Å². The zero-order valence-electron chi connectivity index (χ0n) is 10.4. The standard InChI is InChI=1S/C14H23N/c1-5-14(4,15)11-13(2,3)12-9-7-6-8-10-12/h6-10H,5,11,15H2,1-4H3/t14-/m0/s1. The van der Waals surface area contributed by atoms with Gasteiger partial charge in [0, 0.05) is 5.54 Å². The first-order valence-corrected chi connectivity index (χ1v) is 5.72. The zero-order chi connectivity index (χ0) is 11.5. The molecule has 0 aliphatic rings. The Bertz CT molecular complexity index is 298. The van der Waals surface area contributed by atoms with E-state index in [1.54, 1.807) is 0 Å². The molecule has 0 aliphatic heterocycles. The highest BCUT2D eigenvalue weighted by atomic mass is 14.7. The first-order chi connectivity index (χ1) is 6.87. The molecule has 84 valence electrons. The lowest BCUT2D eigenvalue weighted by atomic mass is 9.74. The Balaban J connectivity index is 2.85. The molecule has 0 radical (unpaired) electrons. The van der Waals surface area contributed by atoms with Gasteiger partial charge in [0.1, 0.15) is 0 Å². The molecular weight excluding hydrogens is 182 g/mol. The van der Waals surface area contributed by atoms with Crippen molar-refractivity contribution in [2.75, 3.05) is 0 Å². The summed E-state index contributed by atoms with van der Waals surface area (Å²) in [6, 6.07) is 10.6. The molecule has 1 nitrogen and oxygen atoms in total. The van der Waals surface area contributed by atoms with Gasteiger partial charge in [0.15, 0.2) is 0 Å². The summed E-state index contributed by atoms with van der Waals surface area (Å²) in [6.45, 7) is 8.82. The van der Waals surface area contributed by atoms with Crippen molar-refractivity contribution in [3.63, 3.8) is 0 Å². The minimum atomic E-state index is -0.0701. The van der Waals surface area contributed by atoms with Gasteiger partial charge in [-0.3, -0.25) is 0 Å². The summed E-state index contributed by atoms with van der Waals surface area (Å²) in [5, 5.41) is 0. The lowest BCUT2D eigenvalue weighted by Crippen LogP contribution is -2.41. The van der Waals surface area contributed by atoms with Gasteiger partial charge in [-0.05, 0) is 30.7 Å².